The van der Waals surface area contributed by atoms with Gasteiger partial charge in [0.15, 0.2) is 0 Å². The molecule has 1 unspecified atom stereocenters. The second-order valence-corrected chi connectivity index (χ2v) is 10.6. The molecule has 3 N–H and O–H groups in total. The minimum Gasteiger partial charge on any atom is -0.478 e. The molecular formula is C30H55N3O6. The van der Waals surface area contributed by atoms with Crippen LogP contribution in [0.3, 0.4) is 0 Å². The molecule has 0 aromatic carbocycles. The van der Waals surface area contributed by atoms with Crippen molar-refractivity contribution in [2.45, 2.75) is 117 Å². The molecule has 0 aromatic heterocycles. The van der Waals surface area contributed by atoms with E-state index in [-0.39, 0.29) is 54.9 Å². The van der Waals surface area contributed by atoms with Crippen molar-refractivity contribution < 1.29 is 29.0 Å². The Morgan fingerprint density at radius 2 is 1.41 bits per heavy atom. The molecule has 0 fully saturated rings. The third-order valence-corrected chi connectivity index (χ3v) is 6.77. The minimum absolute atomic E-state index is 0.0157. The zero-order valence-corrected chi connectivity index (χ0v) is 25.2. The molecule has 0 saturated heterocycles. The number of carbonyl (C=O) groups excluding carboxylic acids is 3. The Balaban J connectivity index is 3.95. The Kier molecular flexibility index (Phi) is 22.2. The summed E-state index contributed by atoms with van der Waals surface area (Å²) >= 11 is 0. The fourth-order valence-electron chi connectivity index (χ4n) is 4.11. The van der Waals surface area contributed by atoms with Crippen LogP contribution in [0.1, 0.15) is 111 Å². The van der Waals surface area contributed by atoms with Crippen LogP contribution in [-0.4, -0.2) is 79.5 Å². The van der Waals surface area contributed by atoms with Crippen LogP contribution in [0.15, 0.2) is 11.1 Å². The first-order chi connectivity index (χ1) is 18.6. The van der Waals surface area contributed by atoms with Gasteiger partial charge >= 0.3 is 5.97 Å². The average Bonchev–Trinajstić information content (AvgIpc) is 2.89. The van der Waals surface area contributed by atoms with Crippen LogP contribution in [-0.2, 0) is 23.9 Å². The lowest BCUT2D eigenvalue weighted by atomic mass is 10.0. The number of ether oxygens (including phenoxy) is 1. The molecule has 39 heavy (non-hydrogen) atoms. The molecule has 0 heterocycles. The number of hydrogen-bond donors (Lipinski definition) is 3. The predicted molar refractivity (Wildman–Crippen MR) is 156 cm³/mol. The van der Waals surface area contributed by atoms with Gasteiger partial charge in [-0.25, -0.2) is 4.79 Å². The topological polar surface area (TPSA) is 125 Å². The van der Waals surface area contributed by atoms with Crippen molar-refractivity contribution in [1.82, 2.24) is 15.5 Å². The monoisotopic (exact) mass is 553 g/mol. The number of aliphatic carboxylic acids is 1. The molecule has 9 heteroatoms. The van der Waals surface area contributed by atoms with Gasteiger partial charge in [0.2, 0.25) is 11.8 Å². The molecule has 0 aliphatic carbocycles. The largest absolute Gasteiger partial charge is 0.478 e. The molecule has 9 nitrogen and oxygen atoms in total. The molecule has 0 rings (SSSR count). The van der Waals surface area contributed by atoms with Crippen molar-refractivity contribution in [1.29, 1.82) is 0 Å². The van der Waals surface area contributed by atoms with Crippen molar-refractivity contribution in [2.75, 3.05) is 39.8 Å². The van der Waals surface area contributed by atoms with E-state index >= 15 is 0 Å². The molecule has 0 bridgehead atoms. The summed E-state index contributed by atoms with van der Waals surface area (Å²) < 4.78 is 5.65. The number of amides is 2. The Bertz CT molecular complexity index is 753. The van der Waals surface area contributed by atoms with Crippen molar-refractivity contribution in [3.05, 3.63) is 11.1 Å². The maximum absolute atomic E-state index is 12.4. The molecule has 226 valence electrons. The van der Waals surface area contributed by atoms with Crippen molar-refractivity contribution in [3.8, 4) is 0 Å². The molecule has 1 atom stereocenters. The van der Waals surface area contributed by atoms with Crippen LogP contribution in [0.2, 0.25) is 0 Å². The number of rotatable bonds is 25. The first-order valence-corrected chi connectivity index (χ1v) is 14.9. The van der Waals surface area contributed by atoms with E-state index in [1.54, 1.807) is 0 Å². The van der Waals surface area contributed by atoms with Gasteiger partial charge in [0, 0.05) is 43.6 Å². The third-order valence-electron chi connectivity index (χ3n) is 6.77. The molecule has 0 radical (unpaired) electrons. The number of unbranched alkanes of at least 4 members (excludes halogenated alkanes) is 9. The third kappa shape index (κ3) is 21.3. The highest BCUT2D eigenvalue weighted by molar-refractivity contribution is 6.02. The maximum atomic E-state index is 12.4. The van der Waals surface area contributed by atoms with E-state index in [1.807, 2.05) is 6.92 Å². The van der Waals surface area contributed by atoms with Gasteiger partial charge in [-0.2, -0.15) is 0 Å². The summed E-state index contributed by atoms with van der Waals surface area (Å²) in [4.78, 5) is 49.3. The summed E-state index contributed by atoms with van der Waals surface area (Å²) in [6.07, 6.45) is 13.6. The van der Waals surface area contributed by atoms with E-state index in [4.69, 9.17) is 4.74 Å². The summed E-state index contributed by atoms with van der Waals surface area (Å²) in [6.45, 7) is 9.35. The highest BCUT2D eigenvalue weighted by atomic mass is 16.5. The fourth-order valence-corrected chi connectivity index (χ4v) is 4.11. The number of carbonyl (C=O) groups is 4. The Morgan fingerprint density at radius 1 is 0.821 bits per heavy atom. The van der Waals surface area contributed by atoms with E-state index in [9.17, 15) is 24.3 Å². The predicted octanol–water partition coefficient (Wildman–Crippen LogP) is 4.64. The van der Waals surface area contributed by atoms with Gasteiger partial charge in [0.25, 0.3) is 0 Å². The zero-order chi connectivity index (χ0) is 29.5. The fraction of sp³-hybridized carbons (Fsp3) is 0.800. The van der Waals surface area contributed by atoms with Crippen LogP contribution >= 0.6 is 0 Å². The van der Waals surface area contributed by atoms with E-state index < -0.39 is 11.9 Å². The number of nitrogens with one attached hydrogen (secondary N) is 2. The lowest BCUT2D eigenvalue weighted by molar-refractivity contribution is -0.133. The van der Waals surface area contributed by atoms with Crippen LogP contribution < -0.4 is 10.6 Å². The summed E-state index contributed by atoms with van der Waals surface area (Å²) in [6, 6.07) is 0. The van der Waals surface area contributed by atoms with Crippen molar-refractivity contribution >= 4 is 23.6 Å². The van der Waals surface area contributed by atoms with Gasteiger partial charge in [-0.3, -0.25) is 9.59 Å². The average molecular weight is 554 g/mol. The first kappa shape index (κ1) is 36.7. The molecule has 0 spiro atoms. The van der Waals surface area contributed by atoms with Crippen molar-refractivity contribution in [2.24, 2.45) is 0 Å². The van der Waals surface area contributed by atoms with Crippen LogP contribution in [0.4, 0.5) is 0 Å². The highest BCUT2D eigenvalue weighted by Gasteiger charge is 2.17. The van der Waals surface area contributed by atoms with Gasteiger partial charge in [0.1, 0.15) is 5.78 Å². The number of hydrogen-bond acceptors (Lipinski definition) is 6. The quantitative estimate of drug-likeness (QED) is 0.111. The summed E-state index contributed by atoms with van der Waals surface area (Å²) in [5, 5.41) is 14.7. The summed E-state index contributed by atoms with van der Waals surface area (Å²) in [5.41, 5.74) is 0.0241. The molecular weight excluding hydrogens is 498 g/mol. The number of carboxylic acids is 1. The number of nitrogens with zero attached hydrogens (tertiary/aromatic N) is 1. The second-order valence-electron chi connectivity index (χ2n) is 10.6. The van der Waals surface area contributed by atoms with E-state index in [0.717, 1.165) is 13.1 Å². The number of carboxylic acid groups (broad SMARTS) is 1. The Labute approximate surface area is 236 Å². The lowest BCUT2D eigenvalue weighted by Crippen LogP contribution is -2.36. The molecule has 0 aliphatic heterocycles. The van der Waals surface area contributed by atoms with Crippen LogP contribution in [0.5, 0.6) is 0 Å². The van der Waals surface area contributed by atoms with Crippen molar-refractivity contribution in [3.63, 3.8) is 0 Å². The summed E-state index contributed by atoms with van der Waals surface area (Å²) in [5.74, 6) is -1.83. The molecule has 0 aliphatic rings. The smallest absolute Gasteiger partial charge is 0.331 e. The van der Waals surface area contributed by atoms with Crippen LogP contribution in [0.25, 0.3) is 0 Å². The highest BCUT2D eigenvalue weighted by Crippen LogP contribution is 2.13. The normalized spacial score (nSPS) is 12.7. The van der Waals surface area contributed by atoms with Gasteiger partial charge < -0.3 is 30.2 Å². The van der Waals surface area contributed by atoms with E-state index in [2.05, 4.69) is 29.5 Å². The SMILES string of the molecule is CCCCCCCCCCCCN(C)CCC(=O)NCC(C)OCCNC(=O)/C(CCC(C)=O)=C(/C)C(=O)O. The Hall–Kier alpha value is -2.26. The van der Waals surface area contributed by atoms with Gasteiger partial charge in [-0.05, 0) is 47.2 Å². The maximum Gasteiger partial charge on any atom is 0.331 e. The summed E-state index contributed by atoms with van der Waals surface area (Å²) in [7, 11) is 2.06. The first-order valence-electron chi connectivity index (χ1n) is 14.9. The molecule has 2 amide bonds. The Morgan fingerprint density at radius 3 is 1.97 bits per heavy atom. The van der Waals surface area contributed by atoms with Gasteiger partial charge in [0.05, 0.1) is 12.7 Å². The van der Waals surface area contributed by atoms with Crippen LogP contribution in [0, 0.1) is 0 Å². The van der Waals surface area contributed by atoms with E-state index in [1.165, 1.54) is 78.1 Å². The van der Waals surface area contributed by atoms with Gasteiger partial charge in [-0.15, -0.1) is 0 Å². The standard InChI is InChI=1S/C30H55N3O6/c1-6-7-8-9-10-11-12-13-14-15-20-33(5)21-18-28(35)32-23-25(3)39-22-19-31-29(36)27(17-16-24(2)34)26(4)30(37)38/h25H,6-23H2,1-5H3,(H,31,36)(H,32,35)(H,37,38)/b27-26-. The number of ketones is 1. The lowest BCUT2D eigenvalue weighted by Gasteiger charge is -2.17. The zero-order valence-electron chi connectivity index (χ0n) is 25.2. The number of Topliss-reactive ketones (excluding diaryl/α,β-unsaturated/α-hetero) is 1. The second kappa shape index (κ2) is 23.6. The van der Waals surface area contributed by atoms with E-state index in [0.29, 0.717) is 13.0 Å². The molecule has 0 saturated carbocycles. The van der Waals surface area contributed by atoms with Gasteiger partial charge in [-0.1, -0.05) is 64.7 Å². The minimum atomic E-state index is -1.19. The molecule has 0 aromatic rings.